The van der Waals surface area contributed by atoms with Crippen molar-refractivity contribution in [1.29, 1.82) is 0 Å². The second-order valence-corrected chi connectivity index (χ2v) is 8.01. The summed E-state index contributed by atoms with van der Waals surface area (Å²) in [6.07, 6.45) is 2.16. The highest BCUT2D eigenvalue weighted by atomic mass is 127. The first kappa shape index (κ1) is 26.1. The summed E-state index contributed by atoms with van der Waals surface area (Å²) in [6.45, 7) is 7.45. The number of aliphatic imine (C=N–C) groups is 1. The van der Waals surface area contributed by atoms with Crippen LogP contribution in [-0.4, -0.2) is 85.1 Å². The normalized spacial score (nSPS) is 12.9. The Kier molecular flexibility index (Phi) is 14.2. The Balaban J connectivity index is 0. The average Bonchev–Trinajstić information content (AvgIpc) is 2.40. The van der Waals surface area contributed by atoms with Crippen LogP contribution >= 0.6 is 24.0 Å². The third-order valence-corrected chi connectivity index (χ3v) is 3.98. The lowest BCUT2D eigenvalue weighted by molar-refractivity contribution is 0.180. The molecule has 0 spiro atoms. The zero-order chi connectivity index (χ0) is 17.9. The molecule has 146 valence electrons. The molecule has 0 aromatic heterocycles. The van der Waals surface area contributed by atoms with Gasteiger partial charge in [0, 0.05) is 52.5 Å². The molecule has 0 unspecified atom stereocenters. The molecule has 0 saturated carbocycles. The number of likely N-dealkylation sites (N-methyl/N-ethyl adjacent to an activating group) is 1. The fraction of sp³-hybridized carbons (Fsp3) is 0.929. The number of rotatable bonds is 11. The van der Waals surface area contributed by atoms with E-state index in [0.717, 1.165) is 38.9 Å². The third kappa shape index (κ3) is 15.4. The first-order valence-corrected chi connectivity index (χ1v) is 9.60. The summed E-state index contributed by atoms with van der Waals surface area (Å²) in [5, 5.41) is 6.35. The Morgan fingerprint density at radius 1 is 1.25 bits per heavy atom. The van der Waals surface area contributed by atoms with Gasteiger partial charge in [0.2, 0.25) is 10.0 Å². The van der Waals surface area contributed by atoms with Crippen LogP contribution in [0.4, 0.5) is 0 Å². The van der Waals surface area contributed by atoms with E-state index in [1.54, 1.807) is 14.2 Å². The largest absolute Gasteiger partial charge is 0.385 e. The van der Waals surface area contributed by atoms with Gasteiger partial charge in [-0.2, -0.15) is 0 Å². The standard InChI is InChI=1S/C14H33N5O3S.HI/c1-14(2,18-23(6,20)21)12-17-13(15-3)16-8-10-19(4)9-7-11-22-5;/h18H,7-12H2,1-6H3,(H2,15,16,17);1H. The Morgan fingerprint density at radius 2 is 1.88 bits per heavy atom. The second-order valence-electron chi connectivity index (χ2n) is 6.26. The fourth-order valence-corrected chi connectivity index (χ4v) is 3.09. The summed E-state index contributed by atoms with van der Waals surface area (Å²) in [6, 6.07) is 0. The number of hydrogen-bond acceptors (Lipinski definition) is 5. The molecule has 0 fully saturated rings. The number of halogens is 1. The van der Waals surface area contributed by atoms with Crippen LogP contribution in [0.1, 0.15) is 20.3 Å². The van der Waals surface area contributed by atoms with Crippen LogP contribution in [0.15, 0.2) is 4.99 Å². The molecule has 0 atom stereocenters. The number of hydrogen-bond donors (Lipinski definition) is 3. The van der Waals surface area contributed by atoms with Crippen molar-refractivity contribution in [2.75, 3.05) is 60.2 Å². The quantitative estimate of drug-likeness (QED) is 0.168. The molecule has 24 heavy (non-hydrogen) atoms. The molecular formula is C14H34IN5O3S. The molecule has 0 aliphatic heterocycles. The molecule has 0 bridgehead atoms. The minimum absolute atomic E-state index is 0. The number of guanidine groups is 1. The lowest BCUT2D eigenvalue weighted by atomic mass is 10.1. The van der Waals surface area contributed by atoms with Crippen LogP contribution in [0.25, 0.3) is 0 Å². The molecule has 0 heterocycles. The third-order valence-electron chi connectivity index (χ3n) is 3.06. The fourth-order valence-electron chi connectivity index (χ4n) is 2.02. The van der Waals surface area contributed by atoms with Crippen molar-refractivity contribution in [2.45, 2.75) is 25.8 Å². The maximum atomic E-state index is 11.3. The SMILES string of the molecule is CN=C(NCCN(C)CCCOC)NCC(C)(C)NS(C)(=O)=O.I. The van der Waals surface area contributed by atoms with Gasteiger partial charge < -0.3 is 20.3 Å². The summed E-state index contributed by atoms with van der Waals surface area (Å²) in [4.78, 5) is 6.36. The van der Waals surface area contributed by atoms with E-state index in [-0.39, 0.29) is 24.0 Å². The van der Waals surface area contributed by atoms with Crippen LogP contribution in [0.3, 0.4) is 0 Å². The van der Waals surface area contributed by atoms with Gasteiger partial charge >= 0.3 is 0 Å². The van der Waals surface area contributed by atoms with E-state index >= 15 is 0 Å². The van der Waals surface area contributed by atoms with Gasteiger partial charge in [0.1, 0.15) is 0 Å². The Bertz CT molecular complexity index is 457. The average molecular weight is 479 g/mol. The summed E-state index contributed by atoms with van der Waals surface area (Å²) in [7, 11) is 2.21. The van der Waals surface area contributed by atoms with Crippen molar-refractivity contribution >= 4 is 40.0 Å². The van der Waals surface area contributed by atoms with Crippen molar-refractivity contribution in [2.24, 2.45) is 4.99 Å². The van der Waals surface area contributed by atoms with Gasteiger partial charge in [0.15, 0.2) is 5.96 Å². The highest BCUT2D eigenvalue weighted by molar-refractivity contribution is 14.0. The molecule has 8 nitrogen and oxygen atoms in total. The van der Waals surface area contributed by atoms with Gasteiger partial charge in [-0.05, 0) is 27.3 Å². The molecule has 0 saturated heterocycles. The zero-order valence-corrected chi connectivity index (χ0v) is 18.8. The first-order valence-electron chi connectivity index (χ1n) is 7.70. The molecule has 10 heteroatoms. The summed E-state index contributed by atoms with van der Waals surface area (Å²) in [5.74, 6) is 0.652. The van der Waals surface area contributed by atoms with Crippen LogP contribution in [0.2, 0.25) is 0 Å². The minimum atomic E-state index is -3.24. The number of sulfonamides is 1. The predicted molar refractivity (Wildman–Crippen MR) is 111 cm³/mol. The van der Waals surface area contributed by atoms with Crippen LogP contribution in [0.5, 0.6) is 0 Å². The molecule has 0 amide bonds. The number of nitrogens with one attached hydrogen (secondary N) is 3. The van der Waals surface area contributed by atoms with Crippen LogP contribution < -0.4 is 15.4 Å². The van der Waals surface area contributed by atoms with E-state index in [2.05, 4.69) is 32.3 Å². The molecule has 0 aliphatic rings. The molecule has 3 N–H and O–H groups in total. The van der Waals surface area contributed by atoms with Crippen molar-refractivity contribution < 1.29 is 13.2 Å². The number of ether oxygens (including phenoxy) is 1. The van der Waals surface area contributed by atoms with Gasteiger partial charge in [-0.15, -0.1) is 24.0 Å². The van der Waals surface area contributed by atoms with Crippen molar-refractivity contribution in [3.63, 3.8) is 0 Å². The Labute approximate surface area is 164 Å². The van der Waals surface area contributed by atoms with Gasteiger partial charge in [0.25, 0.3) is 0 Å². The van der Waals surface area contributed by atoms with E-state index < -0.39 is 15.6 Å². The summed E-state index contributed by atoms with van der Waals surface area (Å²) >= 11 is 0. The van der Waals surface area contributed by atoms with E-state index in [1.807, 2.05) is 13.8 Å². The molecule has 0 radical (unpaired) electrons. The summed E-state index contributed by atoms with van der Waals surface area (Å²) in [5.41, 5.74) is -0.595. The Hall–Kier alpha value is -0.170. The van der Waals surface area contributed by atoms with Crippen LogP contribution in [-0.2, 0) is 14.8 Å². The lowest BCUT2D eigenvalue weighted by Crippen LogP contribution is -2.53. The van der Waals surface area contributed by atoms with Crippen molar-refractivity contribution in [1.82, 2.24) is 20.3 Å². The van der Waals surface area contributed by atoms with E-state index in [4.69, 9.17) is 4.74 Å². The monoisotopic (exact) mass is 479 g/mol. The van der Waals surface area contributed by atoms with Gasteiger partial charge in [-0.3, -0.25) is 4.99 Å². The molecular weight excluding hydrogens is 445 g/mol. The highest BCUT2D eigenvalue weighted by Crippen LogP contribution is 2.01. The van der Waals surface area contributed by atoms with E-state index in [9.17, 15) is 8.42 Å². The maximum absolute atomic E-state index is 11.3. The van der Waals surface area contributed by atoms with Gasteiger partial charge in [-0.25, -0.2) is 13.1 Å². The zero-order valence-electron chi connectivity index (χ0n) is 15.7. The predicted octanol–water partition coefficient (Wildman–Crippen LogP) is 0.0655. The van der Waals surface area contributed by atoms with Crippen molar-refractivity contribution in [3.05, 3.63) is 0 Å². The second kappa shape index (κ2) is 13.1. The Morgan fingerprint density at radius 3 is 2.38 bits per heavy atom. The smallest absolute Gasteiger partial charge is 0.209 e. The lowest BCUT2D eigenvalue weighted by Gasteiger charge is -2.26. The van der Waals surface area contributed by atoms with E-state index in [1.165, 1.54) is 0 Å². The number of methoxy groups -OCH3 is 1. The first-order chi connectivity index (χ1) is 10.6. The van der Waals surface area contributed by atoms with Crippen LogP contribution in [0, 0.1) is 0 Å². The number of nitrogens with zero attached hydrogens (tertiary/aromatic N) is 2. The maximum Gasteiger partial charge on any atom is 0.209 e. The highest BCUT2D eigenvalue weighted by Gasteiger charge is 2.22. The topological polar surface area (TPSA) is 95.1 Å². The molecule has 0 rings (SSSR count). The van der Waals surface area contributed by atoms with Gasteiger partial charge in [-0.1, -0.05) is 0 Å². The van der Waals surface area contributed by atoms with Gasteiger partial charge in [0.05, 0.1) is 6.26 Å². The molecule has 0 aliphatic carbocycles. The molecule has 0 aromatic rings. The van der Waals surface area contributed by atoms with E-state index in [0.29, 0.717) is 12.5 Å². The summed E-state index contributed by atoms with van der Waals surface area (Å²) < 4.78 is 30.2. The van der Waals surface area contributed by atoms with Crippen molar-refractivity contribution in [3.8, 4) is 0 Å². The minimum Gasteiger partial charge on any atom is -0.385 e. The molecule has 0 aromatic carbocycles.